The SMILES string of the molecule is CCOc1ccc(-n2cnc3c2=CCC(C)C=C(CCc2ccc(CC)cc2)C=3)cc1. The zero-order valence-electron chi connectivity index (χ0n) is 18.8. The zero-order valence-corrected chi connectivity index (χ0v) is 18.8. The van der Waals surface area contributed by atoms with Crippen molar-refractivity contribution in [2.45, 2.75) is 46.5 Å². The Morgan fingerprint density at radius 2 is 1.71 bits per heavy atom. The maximum absolute atomic E-state index is 5.59. The number of hydrogen-bond acceptors (Lipinski definition) is 2. The number of benzene rings is 2. The molecule has 3 aromatic rings. The summed E-state index contributed by atoms with van der Waals surface area (Å²) in [6.07, 6.45) is 13.1. The van der Waals surface area contributed by atoms with Crippen LogP contribution in [0.3, 0.4) is 0 Å². The molecule has 160 valence electrons. The van der Waals surface area contributed by atoms with Crippen molar-refractivity contribution < 1.29 is 4.74 Å². The van der Waals surface area contributed by atoms with Gasteiger partial charge in [-0.2, -0.15) is 0 Å². The van der Waals surface area contributed by atoms with E-state index in [1.54, 1.807) is 0 Å². The maximum Gasteiger partial charge on any atom is 0.119 e. The Morgan fingerprint density at radius 1 is 0.968 bits per heavy atom. The predicted octanol–water partition coefficient (Wildman–Crippen LogP) is 4.99. The summed E-state index contributed by atoms with van der Waals surface area (Å²) < 4.78 is 7.77. The molecule has 0 aliphatic heterocycles. The van der Waals surface area contributed by atoms with E-state index in [1.165, 1.54) is 22.0 Å². The van der Waals surface area contributed by atoms with E-state index in [9.17, 15) is 0 Å². The number of aromatic nitrogens is 2. The van der Waals surface area contributed by atoms with Crippen molar-refractivity contribution in [3.05, 3.63) is 88.3 Å². The Balaban J connectivity index is 1.60. The molecule has 0 fully saturated rings. The van der Waals surface area contributed by atoms with E-state index < -0.39 is 0 Å². The summed E-state index contributed by atoms with van der Waals surface area (Å²) in [5.74, 6) is 1.40. The van der Waals surface area contributed by atoms with Crippen LogP contribution in [-0.4, -0.2) is 16.2 Å². The monoisotopic (exact) mass is 412 g/mol. The highest BCUT2D eigenvalue weighted by molar-refractivity contribution is 5.49. The first-order valence-corrected chi connectivity index (χ1v) is 11.4. The Kier molecular flexibility index (Phi) is 6.71. The normalized spacial score (nSPS) is 15.7. The molecule has 0 spiro atoms. The van der Waals surface area contributed by atoms with E-state index in [1.807, 2.05) is 25.4 Å². The molecule has 1 heterocycles. The minimum absolute atomic E-state index is 0.505. The van der Waals surface area contributed by atoms with Gasteiger partial charge in [0.2, 0.25) is 0 Å². The summed E-state index contributed by atoms with van der Waals surface area (Å²) in [5, 5.41) is 2.22. The number of hydrogen-bond donors (Lipinski definition) is 0. The lowest BCUT2D eigenvalue weighted by Gasteiger charge is -2.11. The number of imidazole rings is 1. The second-order valence-corrected chi connectivity index (χ2v) is 8.29. The molecule has 0 radical (unpaired) electrons. The fraction of sp³-hybridized carbons (Fsp3) is 0.321. The van der Waals surface area contributed by atoms with Gasteiger partial charge in [-0.3, -0.25) is 4.57 Å². The molecule has 1 aliphatic carbocycles. The van der Waals surface area contributed by atoms with Crippen LogP contribution in [-0.2, 0) is 12.8 Å². The number of rotatable bonds is 7. The fourth-order valence-corrected chi connectivity index (χ4v) is 4.10. The Labute approximate surface area is 185 Å². The molecule has 0 saturated heterocycles. The van der Waals surface area contributed by atoms with Gasteiger partial charge >= 0.3 is 0 Å². The first-order valence-electron chi connectivity index (χ1n) is 11.4. The standard InChI is InChI=1S/C28H32N2O/c1-4-22-7-9-23(10-8-22)11-12-24-18-21(3)6-17-28-27(19-24)29-20-30(28)25-13-15-26(16-14-25)31-5-2/h7-10,13-21H,4-6,11-12H2,1-3H3. The maximum atomic E-state index is 5.59. The first-order chi connectivity index (χ1) is 15.2. The number of allylic oxidation sites excluding steroid dienone is 2. The van der Waals surface area contributed by atoms with E-state index in [2.05, 4.69) is 73.0 Å². The summed E-state index contributed by atoms with van der Waals surface area (Å²) in [6, 6.07) is 17.3. The molecular formula is C28H32N2O. The van der Waals surface area contributed by atoms with Gasteiger partial charge in [-0.05, 0) is 85.6 Å². The molecule has 0 saturated carbocycles. The van der Waals surface area contributed by atoms with Crippen LogP contribution >= 0.6 is 0 Å². The average molecular weight is 413 g/mol. The topological polar surface area (TPSA) is 27.1 Å². The lowest BCUT2D eigenvalue weighted by molar-refractivity contribution is 0.340. The third-order valence-electron chi connectivity index (χ3n) is 5.90. The van der Waals surface area contributed by atoms with Crippen molar-refractivity contribution in [1.29, 1.82) is 0 Å². The van der Waals surface area contributed by atoms with E-state index in [-0.39, 0.29) is 0 Å². The summed E-state index contributed by atoms with van der Waals surface area (Å²) in [4.78, 5) is 4.75. The van der Waals surface area contributed by atoms with E-state index in [4.69, 9.17) is 9.72 Å². The number of nitrogens with zero attached hydrogens (tertiary/aromatic N) is 2. The van der Waals surface area contributed by atoms with Crippen molar-refractivity contribution >= 4 is 12.2 Å². The van der Waals surface area contributed by atoms with Crippen LogP contribution in [0.4, 0.5) is 0 Å². The van der Waals surface area contributed by atoms with Gasteiger partial charge in [0, 0.05) is 5.69 Å². The number of ether oxygens (including phenoxy) is 1. The minimum atomic E-state index is 0.505. The van der Waals surface area contributed by atoms with E-state index in [0.29, 0.717) is 12.5 Å². The van der Waals surface area contributed by atoms with Gasteiger partial charge in [-0.15, -0.1) is 0 Å². The summed E-state index contributed by atoms with van der Waals surface area (Å²) in [6.45, 7) is 7.18. The van der Waals surface area contributed by atoms with Crippen molar-refractivity contribution in [3.8, 4) is 11.4 Å². The van der Waals surface area contributed by atoms with Crippen molar-refractivity contribution in [3.63, 3.8) is 0 Å². The molecule has 0 N–H and O–H groups in total. The van der Waals surface area contributed by atoms with Gasteiger partial charge in [0.05, 0.1) is 17.3 Å². The second-order valence-electron chi connectivity index (χ2n) is 8.29. The molecule has 1 aromatic heterocycles. The van der Waals surface area contributed by atoms with Gasteiger partial charge < -0.3 is 4.74 Å². The van der Waals surface area contributed by atoms with Crippen molar-refractivity contribution in [2.75, 3.05) is 6.61 Å². The highest BCUT2D eigenvalue weighted by Crippen LogP contribution is 2.18. The molecular weight excluding hydrogens is 380 g/mol. The van der Waals surface area contributed by atoms with E-state index >= 15 is 0 Å². The lowest BCUT2D eigenvalue weighted by Crippen LogP contribution is -2.30. The average Bonchev–Trinajstić information content (AvgIpc) is 3.17. The Hall–Kier alpha value is -3.07. The highest BCUT2D eigenvalue weighted by Gasteiger charge is 2.08. The quantitative estimate of drug-likeness (QED) is 0.546. The Morgan fingerprint density at radius 3 is 2.42 bits per heavy atom. The van der Waals surface area contributed by atoms with Crippen LogP contribution in [0, 0.1) is 5.92 Å². The molecule has 1 atom stereocenters. The molecule has 1 aliphatic rings. The van der Waals surface area contributed by atoms with Crippen LogP contribution in [0.25, 0.3) is 17.8 Å². The third-order valence-corrected chi connectivity index (χ3v) is 5.90. The molecule has 31 heavy (non-hydrogen) atoms. The largest absolute Gasteiger partial charge is 0.494 e. The predicted molar refractivity (Wildman–Crippen MR) is 129 cm³/mol. The molecule has 0 amide bonds. The number of fused-ring (bicyclic) bond motifs is 1. The lowest BCUT2D eigenvalue weighted by atomic mass is 9.96. The smallest absolute Gasteiger partial charge is 0.119 e. The fourth-order valence-electron chi connectivity index (χ4n) is 4.10. The molecule has 3 nitrogen and oxygen atoms in total. The van der Waals surface area contributed by atoms with Crippen LogP contribution < -0.4 is 15.4 Å². The van der Waals surface area contributed by atoms with Crippen molar-refractivity contribution in [2.24, 2.45) is 5.92 Å². The van der Waals surface area contributed by atoms with Crippen LogP contribution in [0.5, 0.6) is 5.75 Å². The molecule has 0 bridgehead atoms. The van der Waals surface area contributed by atoms with Crippen LogP contribution in [0.2, 0.25) is 0 Å². The van der Waals surface area contributed by atoms with Crippen LogP contribution in [0.15, 0.2) is 66.5 Å². The highest BCUT2D eigenvalue weighted by atomic mass is 16.5. The molecule has 1 unspecified atom stereocenters. The van der Waals surface area contributed by atoms with Gasteiger partial charge in [0.15, 0.2) is 0 Å². The van der Waals surface area contributed by atoms with Gasteiger partial charge in [-0.25, -0.2) is 4.98 Å². The third kappa shape index (κ3) is 5.16. The minimum Gasteiger partial charge on any atom is -0.494 e. The van der Waals surface area contributed by atoms with Crippen LogP contribution in [0.1, 0.15) is 44.7 Å². The van der Waals surface area contributed by atoms with Gasteiger partial charge in [-0.1, -0.05) is 50.3 Å². The summed E-state index contributed by atoms with van der Waals surface area (Å²) in [5.41, 5.74) is 5.28. The first kappa shape index (κ1) is 21.2. The van der Waals surface area contributed by atoms with Gasteiger partial charge in [0.1, 0.15) is 12.1 Å². The zero-order chi connectivity index (χ0) is 21.6. The Bertz CT molecular complexity index is 1150. The summed E-state index contributed by atoms with van der Waals surface area (Å²) >= 11 is 0. The molecule has 2 aromatic carbocycles. The van der Waals surface area contributed by atoms with Gasteiger partial charge in [0.25, 0.3) is 0 Å². The second kappa shape index (κ2) is 9.82. The van der Waals surface area contributed by atoms with Crippen molar-refractivity contribution in [1.82, 2.24) is 9.55 Å². The van der Waals surface area contributed by atoms with E-state index in [0.717, 1.165) is 42.5 Å². The molecule has 4 rings (SSSR count). The number of aryl methyl sites for hydroxylation is 2. The summed E-state index contributed by atoms with van der Waals surface area (Å²) in [7, 11) is 0. The molecule has 3 heteroatoms.